The number of nitrogens with zero attached hydrogens (tertiary/aromatic N) is 3. The van der Waals surface area contributed by atoms with Crippen molar-refractivity contribution >= 4 is 145 Å². The van der Waals surface area contributed by atoms with Crippen molar-refractivity contribution in [3.05, 3.63) is 178 Å². The van der Waals surface area contributed by atoms with Gasteiger partial charge in [-0.05, 0) is 117 Å². The number of amides is 2. The molecule has 0 fully saturated rings. The summed E-state index contributed by atoms with van der Waals surface area (Å²) in [6.45, 7) is 2.96. The first-order valence-corrected chi connectivity index (χ1v) is 22.2. The van der Waals surface area contributed by atoms with Gasteiger partial charge in [0.2, 0.25) is 11.8 Å². The highest BCUT2D eigenvalue weighted by Gasteiger charge is 2.19. The molecular formula is C44H36BCl5I2N6O4. The minimum absolute atomic E-state index is 0.00694. The highest BCUT2D eigenvalue weighted by Crippen LogP contribution is 2.36. The standard InChI is InChI=1S/C13H10Cl2N2O.C12H8ClN.C8H8INO.C6H6IN.C5H4BCl2NO2/c1-8(18)16-11-5-3-2-4-9(11)10-6-7-12(14)17-13(10)15;13-12-6-5-10-9-4-2-1-3-8(9)7-11(10)14-12;1-6(11)10-8-5-3-2-4-7(8)9;7-5-3-1-2-4-6(5)8;7-4-2-1-3(6(10)11)5(8)9-4/h2-7H,1H3,(H,16,18);1-6H,7H2;2-5H,1H3,(H,10,11);1-4H,8H2;1-2,10-11H. The highest BCUT2D eigenvalue weighted by molar-refractivity contribution is 14.1. The molecule has 0 radical (unpaired) electrons. The minimum Gasteiger partial charge on any atom is -0.423 e. The lowest BCUT2D eigenvalue weighted by atomic mass is 9.82. The molecule has 18 heteroatoms. The van der Waals surface area contributed by atoms with Gasteiger partial charge in [0.25, 0.3) is 0 Å². The number of carbonyl (C=O) groups is 2. The number of rotatable bonds is 4. The highest BCUT2D eigenvalue weighted by atomic mass is 127. The molecule has 3 heterocycles. The van der Waals surface area contributed by atoms with E-state index in [-0.39, 0.29) is 27.6 Å². The van der Waals surface area contributed by atoms with Crippen LogP contribution in [0.3, 0.4) is 0 Å². The van der Waals surface area contributed by atoms with Gasteiger partial charge in [-0.1, -0.05) is 131 Å². The van der Waals surface area contributed by atoms with Gasteiger partial charge >= 0.3 is 7.12 Å². The molecule has 0 spiro atoms. The summed E-state index contributed by atoms with van der Waals surface area (Å²) >= 11 is 33.0. The summed E-state index contributed by atoms with van der Waals surface area (Å²) in [5.41, 5.74) is 14.6. The number of pyridine rings is 3. The zero-order valence-corrected chi connectivity index (χ0v) is 40.9. The van der Waals surface area contributed by atoms with Gasteiger partial charge in [-0.25, -0.2) is 15.0 Å². The topological polar surface area (TPSA) is 163 Å². The van der Waals surface area contributed by atoms with E-state index in [1.165, 1.54) is 42.7 Å². The molecule has 0 aliphatic heterocycles. The molecule has 7 aromatic rings. The van der Waals surface area contributed by atoms with Crippen LogP contribution in [0.5, 0.6) is 0 Å². The fraction of sp³-hybridized carbons (Fsp3) is 0.0682. The Morgan fingerprint density at radius 2 is 1.05 bits per heavy atom. The summed E-state index contributed by atoms with van der Waals surface area (Å²) in [6.07, 6.45) is 0.909. The number of para-hydroxylation sites is 3. The van der Waals surface area contributed by atoms with Crippen LogP contribution >= 0.6 is 103 Å². The van der Waals surface area contributed by atoms with Crippen molar-refractivity contribution in [3.8, 4) is 22.3 Å². The number of aromatic nitrogens is 3. The van der Waals surface area contributed by atoms with Gasteiger partial charge in [0.1, 0.15) is 25.8 Å². The zero-order chi connectivity index (χ0) is 45.3. The van der Waals surface area contributed by atoms with Crippen LogP contribution in [-0.2, 0) is 16.0 Å². The van der Waals surface area contributed by atoms with Crippen molar-refractivity contribution in [1.29, 1.82) is 0 Å². The van der Waals surface area contributed by atoms with E-state index in [1.807, 2.05) is 78.9 Å². The Morgan fingerprint density at radius 1 is 0.565 bits per heavy atom. The molecule has 1 aliphatic carbocycles. The Morgan fingerprint density at radius 3 is 1.60 bits per heavy atom. The van der Waals surface area contributed by atoms with E-state index in [0.717, 1.165) is 41.8 Å². The molecule has 1 aliphatic rings. The van der Waals surface area contributed by atoms with Crippen molar-refractivity contribution in [2.24, 2.45) is 0 Å². The first kappa shape index (κ1) is 50.6. The Balaban J connectivity index is 0.000000175. The Kier molecular flexibility index (Phi) is 20.7. The van der Waals surface area contributed by atoms with Crippen molar-refractivity contribution in [1.82, 2.24) is 15.0 Å². The average Bonchev–Trinajstić information content (AvgIpc) is 3.58. The Hall–Kier alpha value is -4.04. The van der Waals surface area contributed by atoms with Crippen molar-refractivity contribution in [2.45, 2.75) is 20.3 Å². The fourth-order valence-corrected chi connectivity index (χ4v) is 7.41. The van der Waals surface area contributed by atoms with Crippen molar-refractivity contribution in [2.75, 3.05) is 16.4 Å². The summed E-state index contributed by atoms with van der Waals surface area (Å²) in [5.74, 6) is -0.172. The first-order chi connectivity index (χ1) is 29.5. The molecule has 4 aromatic carbocycles. The van der Waals surface area contributed by atoms with E-state index in [9.17, 15) is 9.59 Å². The average molecular weight is 1150 g/mol. The molecule has 3 aromatic heterocycles. The van der Waals surface area contributed by atoms with E-state index in [4.69, 9.17) is 73.8 Å². The van der Waals surface area contributed by atoms with E-state index in [2.05, 4.69) is 101 Å². The zero-order valence-electron chi connectivity index (χ0n) is 32.8. The second-order valence-corrected chi connectivity index (χ2v) is 16.9. The third-order valence-electron chi connectivity index (χ3n) is 8.16. The smallest absolute Gasteiger partial charge is 0.423 e. The number of benzene rings is 4. The second kappa shape index (κ2) is 25.3. The Bertz CT molecular complexity index is 2630. The molecule has 2 amide bonds. The quantitative estimate of drug-likeness (QED) is 0.0503. The maximum absolute atomic E-state index is 11.2. The number of hydrogen-bond acceptors (Lipinski definition) is 8. The summed E-state index contributed by atoms with van der Waals surface area (Å²) in [7, 11) is -1.60. The van der Waals surface area contributed by atoms with Crippen LogP contribution in [0.1, 0.15) is 25.1 Å². The van der Waals surface area contributed by atoms with E-state index < -0.39 is 7.12 Å². The predicted molar refractivity (Wildman–Crippen MR) is 273 cm³/mol. The first-order valence-electron chi connectivity index (χ1n) is 18.2. The van der Waals surface area contributed by atoms with Gasteiger partial charge in [-0.3, -0.25) is 9.59 Å². The van der Waals surface area contributed by atoms with E-state index in [0.29, 0.717) is 21.1 Å². The summed E-state index contributed by atoms with van der Waals surface area (Å²) < 4.78 is 2.17. The SMILES string of the molecule is CC(=O)Nc1ccccc1-c1ccc(Cl)nc1Cl.CC(=O)Nc1ccccc1I.Clc1ccc2c(n1)Cc1ccccc1-2.Nc1ccccc1I.OB(O)c1ccc(Cl)nc1Cl. The molecule has 0 atom stereocenters. The molecule has 0 unspecified atom stereocenters. The third-order valence-corrected chi connectivity index (χ3v) is 11.3. The molecule has 6 N–H and O–H groups in total. The van der Waals surface area contributed by atoms with Gasteiger partial charge < -0.3 is 26.4 Å². The maximum Gasteiger partial charge on any atom is 0.491 e. The van der Waals surface area contributed by atoms with Crippen LogP contribution in [0.25, 0.3) is 22.3 Å². The number of carbonyl (C=O) groups excluding carboxylic acids is 2. The van der Waals surface area contributed by atoms with Crippen molar-refractivity contribution in [3.63, 3.8) is 0 Å². The van der Waals surface area contributed by atoms with Crippen LogP contribution in [0.2, 0.25) is 25.8 Å². The molecule has 62 heavy (non-hydrogen) atoms. The number of nitrogens with two attached hydrogens (primary N) is 1. The lowest BCUT2D eigenvalue weighted by Gasteiger charge is -2.10. The summed E-state index contributed by atoms with van der Waals surface area (Å²) in [6, 6.07) is 41.4. The molecular weight excluding hydrogens is 1120 g/mol. The molecule has 8 rings (SSSR count). The maximum atomic E-state index is 11.2. The van der Waals surface area contributed by atoms with Gasteiger partial charge in [0.05, 0.1) is 11.4 Å². The monoisotopic (exact) mass is 1150 g/mol. The van der Waals surface area contributed by atoms with Crippen LogP contribution in [0.4, 0.5) is 17.1 Å². The normalized spacial score (nSPS) is 10.3. The number of halogens is 7. The molecule has 10 nitrogen and oxygen atoms in total. The van der Waals surface area contributed by atoms with E-state index in [1.54, 1.807) is 12.1 Å². The van der Waals surface area contributed by atoms with Crippen LogP contribution in [0.15, 0.2) is 133 Å². The largest absolute Gasteiger partial charge is 0.491 e. The predicted octanol–water partition coefficient (Wildman–Crippen LogP) is 11.5. The number of anilines is 3. The fourth-order valence-electron chi connectivity index (χ4n) is 5.44. The lowest BCUT2D eigenvalue weighted by molar-refractivity contribution is -0.115. The third kappa shape index (κ3) is 15.9. The number of nitrogen functional groups attached to an aromatic ring is 1. The van der Waals surface area contributed by atoms with Gasteiger partial charge in [-0.2, -0.15) is 0 Å². The summed E-state index contributed by atoms with van der Waals surface area (Å²) in [5, 5.41) is 24.3. The minimum atomic E-state index is -1.60. The lowest BCUT2D eigenvalue weighted by Crippen LogP contribution is -2.31. The number of fused-ring (bicyclic) bond motifs is 3. The van der Waals surface area contributed by atoms with Gasteiger partial charge in [0.15, 0.2) is 0 Å². The number of hydrogen-bond donors (Lipinski definition) is 5. The second-order valence-electron chi connectivity index (χ2n) is 12.7. The van der Waals surface area contributed by atoms with Crippen LogP contribution < -0.4 is 21.8 Å². The Labute approximate surface area is 412 Å². The summed E-state index contributed by atoms with van der Waals surface area (Å²) in [4.78, 5) is 33.7. The van der Waals surface area contributed by atoms with Crippen LogP contribution in [-0.4, -0.2) is 43.9 Å². The molecule has 318 valence electrons. The van der Waals surface area contributed by atoms with Crippen LogP contribution in [0, 0.1) is 7.14 Å². The molecule has 0 saturated heterocycles. The molecule has 0 bridgehead atoms. The van der Waals surface area contributed by atoms with Gasteiger partial charge in [0, 0.05) is 60.9 Å². The van der Waals surface area contributed by atoms with Gasteiger partial charge in [-0.15, -0.1) is 0 Å². The van der Waals surface area contributed by atoms with Crippen molar-refractivity contribution < 1.29 is 19.6 Å². The number of nitrogens with one attached hydrogen (secondary N) is 2. The van der Waals surface area contributed by atoms with E-state index >= 15 is 0 Å². The molecule has 0 saturated carbocycles.